The van der Waals surface area contributed by atoms with Crippen LogP contribution in [0.15, 0.2) is 76.3 Å². The second kappa shape index (κ2) is 8.77. The molecule has 32 heavy (non-hydrogen) atoms. The number of aromatic nitrogens is 1. The Hall–Kier alpha value is -3.76. The van der Waals surface area contributed by atoms with Gasteiger partial charge in [-0.2, -0.15) is 0 Å². The van der Waals surface area contributed by atoms with Crippen LogP contribution < -0.4 is 15.6 Å². The number of carbonyl (C=O) groups is 2. The lowest BCUT2D eigenvalue weighted by atomic mass is 10.1. The molecule has 0 aliphatic heterocycles. The van der Waals surface area contributed by atoms with Gasteiger partial charge < -0.3 is 0 Å². The average Bonchev–Trinajstić information content (AvgIpc) is 3.33. The van der Waals surface area contributed by atoms with Crippen molar-refractivity contribution in [3.05, 3.63) is 88.9 Å². The van der Waals surface area contributed by atoms with Crippen LogP contribution in [0.1, 0.15) is 26.4 Å². The van der Waals surface area contributed by atoms with E-state index in [1.807, 2.05) is 18.2 Å². The third-order valence-corrected chi connectivity index (χ3v) is 7.32. The Balaban J connectivity index is 1.42. The van der Waals surface area contributed by atoms with Crippen LogP contribution in [0.5, 0.6) is 0 Å². The highest BCUT2D eigenvalue weighted by atomic mass is 32.2. The molecule has 0 radical (unpaired) electrons. The second-order valence-corrected chi connectivity index (χ2v) is 9.71. The summed E-state index contributed by atoms with van der Waals surface area (Å²) in [6, 6.07) is 17.9. The predicted octanol–water partition coefficient (Wildman–Crippen LogP) is 3.48. The van der Waals surface area contributed by atoms with Crippen LogP contribution in [0.3, 0.4) is 0 Å². The minimum atomic E-state index is -3.67. The number of thiophene rings is 1. The molecule has 3 N–H and O–H groups in total. The van der Waals surface area contributed by atoms with Gasteiger partial charge >= 0.3 is 0 Å². The monoisotopic (exact) mass is 466 g/mol. The molecule has 2 aromatic carbocycles. The van der Waals surface area contributed by atoms with E-state index in [-0.39, 0.29) is 9.77 Å². The maximum atomic E-state index is 12.6. The van der Waals surface area contributed by atoms with Gasteiger partial charge in [-0.05, 0) is 54.8 Å². The van der Waals surface area contributed by atoms with Crippen LogP contribution >= 0.6 is 11.3 Å². The van der Waals surface area contributed by atoms with Gasteiger partial charge in [-0.3, -0.25) is 30.1 Å². The number of carbonyl (C=O) groups excluding carboxylic acids is 2. The number of nitrogens with one attached hydrogen (secondary N) is 3. The third kappa shape index (κ3) is 4.61. The molecule has 4 rings (SSSR count). The van der Waals surface area contributed by atoms with Crippen molar-refractivity contribution >= 4 is 49.8 Å². The molecule has 2 amide bonds. The number of amides is 2. The van der Waals surface area contributed by atoms with E-state index in [0.717, 1.165) is 11.3 Å². The molecule has 0 atom stereocenters. The van der Waals surface area contributed by atoms with Crippen LogP contribution in [0.25, 0.3) is 10.9 Å². The predicted molar refractivity (Wildman–Crippen MR) is 123 cm³/mol. The van der Waals surface area contributed by atoms with Crippen LogP contribution in [0.2, 0.25) is 0 Å². The largest absolute Gasteiger partial charge is 0.279 e. The molecule has 0 saturated carbocycles. The van der Waals surface area contributed by atoms with Crippen molar-refractivity contribution < 1.29 is 18.0 Å². The maximum Gasteiger partial charge on any atom is 0.271 e. The highest BCUT2D eigenvalue weighted by Crippen LogP contribution is 2.21. The number of rotatable bonds is 5. The fraction of sp³-hybridized carbons (Fsp3) is 0.0455. The smallest absolute Gasteiger partial charge is 0.271 e. The SMILES string of the molecule is Cc1cc(C(=O)NNC(=O)c2ccc(NS(=O)(=O)c3cccs3)cc2)c2ccccc2n1. The Morgan fingerprint density at radius 1 is 0.906 bits per heavy atom. The summed E-state index contributed by atoms with van der Waals surface area (Å²) in [6.07, 6.45) is 0. The molecule has 0 bridgehead atoms. The molecule has 0 saturated heterocycles. The summed E-state index contributed by atoms with van der Waals surface area (Å²) in [6.45, 7) is 1.79. The molecular formula is C22H18N4O4S2. The molecular weight excluding hydrogens is 448 g/mol. The van der Waals surface area contributed by atoms with Gasteiger partial charge in [0.05, 0.1) is 11.1 Å². The normalized spacial score (nSPS) is 11.2. The summed E-state index contributed by atoms with van der Waals surface area (Å²) in [7, 11) is -3.67. The Kier molecular flexibility index (Phi) is 5.89. The van der Waals surface area contributed by atoms with Gasteiger partial charge in [0, 0.05) is 22.3 Å². The first-order valence-electron chi connectivity index (χ1n) is 9.47. The van der Waals surface area contributed by atoms with Crippen molar-refractivity contribution in [2.24, 2.45) is 0 Å². The minimum absolute atomic E-state index is 0.195. The number of hydrazine groups is 1. The van der Waals surface area contributed by atoms with Gasteiger partial charge in [0.25, 0.3) is 21.8 Å². The molecule has 0 fully saturated rings. The highest BCUT2D eigenvalue weighted by molar-refractivity contribution is 7.94. The Bertz CT molecular complexity index is 1400. The number of sulfonamides is 1. The molecule has 162 valence electrons. The number of hydrogen-bond acceptors (Lipinski definition) is 6. The minimum Gasteiger partial charge on any atom is -0.279 e. The molecule has 4 aromatic rings. The molecule has 0 spiro atoms. The van der Waals surface area contributed by atoms with Crippen LogP contribution in [-0.2, 0) is 10.0 Å². The van der Waals surface area contributed by atoms with E-state index in [1.165, 1.54) is 30.3 Å². The van der Waals surface area contributed by atoms with Gasteiger partial charge in [0.15, 0.2) is 0 Å². The fourth-order valence-electron chi connectivity index (χ4n) is 3.06. The van der Waals surface area contributed by atoms with Crippen LogP contribution in [0.4, 0.5) is 5.69 Å². The van der Waals surface area contributed by atoms with E-state index in [1.54, 1.807) is 30.5 Å². The zero-order valence-corrected chi connectivity index (χ0v) is 18.5. The lowest BCUT2D eigenvalue weighted by Crippen LogP contribution is -2.41. The molecule has 8 nitrogen and oxygen atoms in total. The van der Waals surface area contributed by atoms with Crippen molar-refractivity contribution in [3.8, 4) is 0 Å². The summed E-state index contributed by atoms with van der Waals surface area (Å²) in [5.74, 6) is -1.01. The van der Waals surface area contributed by atoms with E-state index < -0.39 is 21.8 Å². The Labute approximate surface area is 188 Å². The summed E-state index contributed by atoms with van der Waals surface area (Å²) >= 11 is 1.11. The van der Waals surface area contributed by atoms with Crippen molar-refractivity contribution in [1.82, 2.24) is 15.8 Å². The van der Waals surface area contributed by atoms with Gasteiger partial charge in [-0.1, -0.05) is 24.3 Å². The van der Waals surface area contributed by atoms with Gasteiger partial charge in [-0.25, -0.2) is 8.42 Å². The first-order chi connectivity index (χ1) is 15.3. The number of aryl methyl sites for hydroxylation is 1. The van der Waals surface area contributed by atoms with Crippen LogP contribution in [0, 0.1) is 6.92 Å². The number of fused-ring (bicyclic) bond motifs is 1. The Morgan fingerprint density at radius 2 is 1.62 bits per heavy atom. The van der Waals surface area contributed by atoms with Gasteiger partial charge in [0.2, 0.25) is 0 Å². The van der Waals surface area contributed by atoms with Crippen molar-refractivity contribution in [3.63, 3.8) is 0 Å². The van der Waals surface area contributed by atoms with Crippen LogP contribution in [-0.4, -0.2) is 25.2 Å². The molecule has 10 heteroatoms. The highest BCUT2D eigenvalue weighted by Gasteiger charge is 2.16. The third-order valence-electron chi connectivity index (χ3n) is 4.54. The van der Waals surface area contributed by atoms with E-state index in [0.29, 0.717) is 27.8 Å². The van der Waals surface area contributed by atoms with Crippen molar-refractivity contribution in [2.45, 2.75) is 11.1 Å². The van der Waals surface area contributed by atoms with Gasteiger partial charge in [0.1, 0.15) is 4.21 Å². The topological polar surface area (TPSA) is 117 Å². The molecule has 2 aromatic heterocycles. The average molecular weight is 467 g/mol. The van der Waals surface area contributed by atoms with Crippen molar-refractivity contribution in [1.29, 1.82) is 0 Å². The van der Waals surface area contributed by atoms with E-state index in [4.69, 9.17) is 0 Å². The molecule has 0 aliphatic carbocycles. The maximum absolute atomic E-state index is 12.6. The van der Waals surface area contributed by atoms with E-state index in [9.17, 15) is 18.0 Å². The zero-order valence-electron chi connectivity index (χ0n) is 16.8. The first-order valence-corrected chi connectivity index (χ1v) is 11.8. The standard InChI is InChI=1S/C22H18N4O4S2/c1-14-13-18(17-5-2-3-6-19(17)23-14)22(28)25-24-21(27)15-8-10-16(11-9-15)26-32(29,30)20-7-4-12-31-20/h2-13,26H,1H3,(H,24,27)(H,25,28). The number of benzene rings is 2. The number of anilines is 1. The fourth-order valence-corrected chi connectivity index (χ4v) is 5.11. The summed E-state index contributed by atoms with van der Waals surface area (Å²) in [4.78, 5) is 29.5. The number of pyridine rings is 1. The number of nitrogens with zero attached hydrogens (tertiary/aromatic N) is 1. The number of hydrogen-bond donors (Lipinski definition) is 3. The van der Waals surface area contributed by atoms with E-state index >= 15 is 0 Å². The van der Waals surface area contributed by atoms with Crippen molar-refractivity contribution in [2.75, 3.05) is 4.72 Å². The lowest BCUT2D eigenvalue weighted by molar-refractivity contribution is 0.0847. The first kappa shape index (κ1) is 21.5. The summed E-state index contributed by atoms with van der Waals surface area (Å²) in [5.41, 5.74) is 7.12. The molecule has 0 aliphatic rings. The molecule has 0 unspecified atom stereocenters. The lowest BCUT2D eigenvalue weighted by Gasteiger charge is -2.11. The van der Waals surface area contributed by atoms with Gasteiger partial charge in [-0.15, -0.1) is 11.3 Å². The molecule has 2 heterocycles. The number of para-hydroxylation sites is 1. The Morgan fingerprint density at radius 3 is 2.34 bits per heavy atom. The van der Waals surface area contributed by atoms with E-state index in [2.05, 4.69) is 20.6 Å². The second-order valence-electron chi connectivity index (χ2n) is 6.85. The zero-order chi connectivity index (χ0) is 22.7. The summed E-state index contributed by atoms with van der Waals surface area (Å²) < 4.78 is 27.2. The summed E-state index contributed by atoms with van der Waals surface area (Å²) in [5, 5.41) is 2.35. The quantitative estimate of drug-likeness (QED) is 0.389.